The minimum atomic E-state index is -0.00251. The summed E-state index contributed by atoms with van der Waals surface area (Å²) in [5, 5.41) is 14.9. The molecule has 0 fully saturated rings. The van der Waals surface area contributed by atoms with Crippen molar-refractivity contribution in [2.24, 2.45) is 0 Å². The highest BCUT2D eigenvalue weighted by Gasteiger charge is 2.13. The zero-order valence-electron chi connectivity index (χ0n) is 13.5. The zero-order valence-corrected chi connectivity index (χ0v) is 15.0. The molecule has 25 heavy (non-hydrogen) atoms. The summed E-state index contributed by atoms with van der Waals surface area (Å²) in [5.74, 6) is 1.32. The predicted molar refractivity (Wildman–Crippen MR) is 98.1 cm³/mol. The molecule has 0 saturated heterocycles. The zero-order chi connectivity index (χ0) is 18.0. The molecule has 0 radical (unpaired) electrons. The Labute approximate surface area is 154 Å². The summed E-state index contributed by atoms with van der Waals surface area (Å²) in [4.78, 5) is 8.43. The van der Waals surface area contributed by atoms with E-state index in [9.17, 15) is 5.11 Å². The summed E-state index contributed by atoms with van der Waals surface area (Å²) < 4.78 is 10.4. The number of methoxy groups -OCH3 is 2. The Morgan fingerprint density at radius 3 is 2.60 bits per heavy atom. The summed E-state index contributed by atoms with van der Waals surface area (Å²) in [6, 6.07) is 6.75. The van der Waals surface area contributed by atoms with Crippen molar-refractivity contribution in [3.05, 3.63) is 46.2 Å². The fraction of sp³-hybridized carbons (Fsp3) is 0.176. The van der Waals surface area contributed by atoms with E-state index in [4.69, 9.17) is 32.7 Å². The van der Waals surface area contributed by atoms with Crippen LogP contribution in [0.2, 0.25) is 10.0 Å². The van der Waals surface area contributed by atoms with Crippen molar-refractivity contribution in [1.82, 2.24) is 9.97 Å². The lowest BCUT2D eigenvalue weighted by atomic mass is 10.1. The number of hydrogen-bond donors (Lipinski definition) is 2. The number of anilines is 1. The van der Waals surface area contributed by atoms with Crippen molar-refractivity contribution in [2.75, 3.05) is 19.5 Å². The smallest absolute Gasteiger partial charge is 0.203 e. The van der Waals surface area contributed by atoms with Gasteiger partial charge >= 0.3 is 0 Å². The molecule has 1 aromatic heterocycles. The van der Waals surface area contributed by atoms with Crippen LogP contribution in [0.15, 0.2) is 30.6 Å². The maximum atomic E-state index is 10.1. The minimum Gasteiger partial charge on any atom is -0.504 e. The van der Waals surface area contributed by atoms with Crippen LogP contribution < -0.4 is 14.8 Å². The van der Waals surface area contributed by atoms with Crippen LogP contribution in [0.3, 0.4) is 0 Å². The Hall–Kier alpha value is -2.44. The van der Waals surface area contributed by atoms with Crippen LogP contribution in [0.1, 0.15) is 5.56 Å². The average Bonchev–Trinajstić information content (AvgIpc) is 2.59. The highest BCUT2D eigenvalue weighted by atomic mass is 35.5. The molecule has 130 valence electrons. The Morgan fingerprint density at radius 2 is 1.88 bits per heavy atom. The average molecular weight is 380 g/mol. The van der Waals surface area contributed by atoms with Crippen LogP contribution in [0, 0.1) is 0 Å². The summed E-state index contributed by atoms with van der Waals surface area (Å²) in [6.07, 6.45) is 1.43. The molecule has 0 aliphatic carbocycles. The molecule has 6 nitrogen and oxygen atoms in total. The van der Waals surface area contributed by atoms with Crippen molar-refractivity contribution in [3.63, 3.8) is 0 Å². The molecule has 2 N–H and O–H groups in total. The fourth-order valence-corrected chi connectivity index (χ4v) is 3.06. The van der Waals surface area contributed by atoms with Gasteiger partial charge in [0.2, 0.25) is 5.75 Å². The second-order valence-corrected chi connectivity index (χ2v) is 6.05. The topological polar surface area (TPSA) is 76.5 Å². The van der Waals surface area contributed by atoms with Crippen LogP contribution in [0.5, 0.6) is 17.2 Å². The number of nitrogens with one attached hydrogen (secondary N) is 1. The Kier molecular flexibility index (Phi) is 5.01. The number of hydrogen-bond acceptors (Lipinski definition) is 6. The second kappa shape index (κ2) is 7.21. The Morgan fingerprint density at radius 1 is 1.08 bits per heavy atom. The predicted octanol–water partition coefficient (Wildman–Crippen LogP) is 4.27. The lowest BCUT2D eigenvalue weighted by molar-refractivity contribution is 0.332. The van der Waals surface area contributed by atoms with Gasteiger partial charge in [-0.3, -0.25) is 0 Å². The van der Waals surface area contributed by atoms with E-state index in [1.807, 2.05) is 0 Å². The number of aromatic hydroxyl groups is 1. The summed E-state index contributed by atoms with van der Waals surface area (Å²) in [7, 11) is 2.98. The molecule has 0 aliphatic heterocycles. The number of benzene rings is 2. The maximum Gasteiger partial charge on any atom is 0.203 e. The first-order valence-corrected chi connectivity index (χ1v) is 8.06. The summed E-state index contributed by atoms with van der Waals surface area (Å²) >= 11 is 12.3. The largest absolute Gasteiger partial charge is 0.504 e. The summed E-state index contributed by atoms with van der Waals surface area (Å²) in [5.41, 5.74) is 1.40. The first-order chi connectivity index (χ1) is 12.0. The highest BCUT2D eigenvalue weighted by Crippen LogP contribution is 2.37. The molecule has 0 spiro atoms. The second-order valence-electron chi connectivity index (χ2n) is 5.21. The highest BCUT2D eigenvalue weighted by molar-refractivity contribution is 6.38. The molecule has 0 aliphatic rings. The number of phenols is 1. The molecule has 8 heteroatoms. The third-order valence-corrected chi connectivity index (χ3v) is 4.14. The Balaban J connectivity index is 1.92. The molecule has 0 atom stereocenters. The maximum absolute atomic E-state index is 10.1. The number of ether oxygens (including phenoxy) is 2. The first kappa shape index (κ1) is 17.4. The molecular formula is C17H15Cl2N3O3. The molecule has 3 aromatic rings. The van der Waals surface area contributed by atoms with E-state index in [0.29, 0.717) is 39.1 Å². The lowest BCUT2D eigenvalue weighted by Crippen LogP contribution is -2.03. The van der Waals surface area contributed by atoms with Crippen LogP contribution >= 0.6 is 23.2 Å². The van der Waals surface area contributed by atoms with Gasteiger partial charge < -0.3 is 19.9 Å². The van der Waals surface area contributed by atoms with Crippen molar-refractivity contribution in [1.29, 1.82) is 0 Å². The standard InChI is InChI=1S/C17H15Cl2N3O3/c1-24-14-4-9(3-13(23)16(14)25-2)7-20-17-11-5-10(18)6-12(19)15(11)21-8-22-17/h3-6,8,23H,7H2,1-2H3,(H,20,21,22). The molecule has 0 amide bonds. The number of halogens is 2. The number of fused-ring (bicyclic) bond motifs is 1. The van der Waals surface area contributed by atoms with Gasteiger partial charge in [-0.25, -0.2) is 9.97 Å². The van der Waals surface area contributed by atoms with Gasteiger partial charge in [0.25, 0.3) is 0 Å². The molecule has 0 saturated carbocycles. The van der Waals surface area contributed by atoms with Crippen LogP contribution in [-0.2, 0) is 6.54 Å². The van der Waals surface area contributed by atoms with Gasteiger partial charge in [0.15, 0.2) is 11.5 Å². The van der Waals surface area contributed by atoms with E-state index in [-0.39, 0.29) is 11.5 Å². The van der Waals surface area contributed by atoms with E-state index in [1.165, 1.54) is 20.5 Å². The van der Waals surface area contributed by atoms with E-state index in [0.717, 1.165) is 5.56 Å². The van der Waals surface area contributed by atoms with Gasteiger partial charge in [-0.15, -0.1) is 0 Å². The third kappa shape index (κ3) is 3.50. The van der Waals surface area contributed by atoms with Gasteiger partial charge in [0.1, 0.15) is 12.1 Å². The molecule has 0 bridgehead atoms. The first-order valence-electron chi connectivity index (χ1n) is 7.31. The van der Waals surface area contributed by atoms with Gasteiger partial charge in [-0.1, -0.05) is 23.2 Å². The van der Waals surface area contributed by atoms with Crippen LogP contribution in [0.25, 0.3) is 10.9 Å². The quantitative estimate of drug-likeness (QED) is 0.689. The molecule has 3 rings (SSSR count). The SMILES string of the molecule is COc1cc(CNc2ncnc3c(Cl)cc(Cl)cc23)cc(O)c1OC. The van der Waals surface area contributed by atoms with Crippen molar-refractivity contribution >= 4 is 39.9 Å². The van der Waals surface area contributed by atoms with Crippen LogP contribution in [0.4, 0.5) is 5.82 Å². The molecule has 1 heterocycles. The normalized spacial score (nSPS) is 10.7. The Bertz CT molecular complexity index is 935. The third-order valence-electron chi connectivity index (χ3n) is 3.64. The van der Waals surface area contributed by atoms with E-state index in [1.54, 1.807) is 24.3 Å². The van der Waals surface area contributed by atoms with Gasteiger partial charge in [-0.2, -0.15) is 0 Å². The lowest BCUT2D eigenvalue weighted by Gasteiger charge is -2.13. The van der Waals surface area contributed by atoms with Crippen molar-refractivity contribution < 1.29 is 14.6 Å². The molecular weight excluding hydrogens is 365 g/mol. The number of phenolic OH excluding ortho intramolecular Hbond substituents is 1. The number of aromatic nitrogens is 2. The monoisotopic (exact) mass is 379 g/mol. The van der Waals surface area contributed by atoms with E-state index >= 15 is 0 Å². The van der Waals surface area contributed by atoms with Gasteiger partial charge in [-0.05, 0) is 29.8 Å². The fourth-order valence-electron chi connectivity index (χ4n) is 2.52. The van der Waals surface area contributed by atoms with E-state index < -0.39 is 0 Å². The molecule has 0 unspecified atom stereocenters. The number of nitrogens with zero attached hydrogens (tertiary/aromatic N) is 2. The minimum absolute atomic E-state index is 0.00251. The van der Waals surface area contributed by atoms with E-state index in [2.05, 4.69) is 15.3 Å². The van der Waals surface area contributed by atoms with Crippen molar-refractivity contribution in [2.45, 2.75) is 6.54 Å². The summed E-state index contributed by atoms with van der Waals surface area (Å²) in [6.45, 7) is 0.393. The molecule has 2 aromatic carbocycles. The number of rotatable bonds is 5. The van der Waals surface area contributed by atoms with Crippen LogP contribution in [-0.4, -0.2) is 29.3 Å². The van der Waals surface area contributed by atoms with Gasteiger partial charge in [0.05, 0.1) is 24.8 Å². The van der Waals surface area contributed by atoms with Crippen molar-refractivity contribution in [3.8, 4) is 17.2 Å². The van der Waals surface area contributed by atoms with Gasteiger partial charge in [0, 0.05) is 17.0 Å².